The lowest BCUT2D eigenvalue weighted by molar-refractivity contribution is 0.0341. The maximum absolute atomic E-state index is 11.0. The molecule has 2 aliphatic rings. The van der Waals surface area contributed by atoms with E-state index >= 15 is 0 Å². The molecule has 4 aromatic carbocycles. The van der Waals surface area contributed by atoms with Gasteiger partial charge in [-0.3, -0.25) is 9.80 Å². The first kappa shape index (κ1) is 23.3. The van der Waals surface area contributed by atoms with Gasteiger partial charge in [0.05, 0.1) is 26.4 Å². The molecule has 0 bridgehead atoms. The van der Waals surface area contributed by atoms with Gasteiger partial charge in [0, 0.05) is 50.4 Å². The van der Waals surface area contributed by atoms with E-state index in [1.165, 1.54) is 11.1 Å². The fourth-order valence-corrected chi connectivity index (χ4v) is 5.49. The van der Waals surface area contributed by atoms with Gasteiger partial charge in [-0.2, -0.15) is 0 Å². The summed E-state index contributed by atoms with van der Waals surface area (Å²) in [7, 11) is 0. The normalized spacial score (nSPS) is 17.7. The first-order chi connectivity index (χ1) is 17.7. The average Bonchev–Trinajstić information content (AvgIpc) is 2.91. The molecule has 0 radical (unpaired) electrons. The third-order valence-electron chi connectivity index (χ3n) is 7.39. The molecule has 2 N–H and O–H groups in total. The summed E-state index contributed by atoms with van der Waals surface area (Å²) < 4.78 is 11.0. The van der Waals surface area contributed by atoms with Gasteiger partial charge in [0.15, 0.2) is 0 Å². The minimum Gasteiger partial charge on any atom is -0.507 e. The maximum Gasteiger partial charge on any atom is 0.124 e. The Hall–Kier alpha value is -3.16. The monoisotopic (exact) mass is 484 g/mol. The van der Waals surface area contributed by atoms with Crippen LogP contribution in [0.2, 0.25) is 0 Å². The fourth-order valence-electron chi connectivity index (χ4n) is 5.49. The summed E-state index contributed by atoms with van der Waals surface area (Å²) in [5.41, 5.74) is 3.82. The van der Waals surface area contributed by atoms with Gasteiger partial charge in [0.1, 0.15) is 11.5 Å². The SMILES string of the molecule is Oc1ccc2cc(CN3CCOCC3)ccc2c1-c1c(O)ccc2cc(CN3CCOCC3)ccc12. The zero-order chi connectivity index (χ0) is 24.5. The highest BCUT2D eigenvalue weighted by molar-refractivity contribution is 6.09. The third kappa shape index (κ3) is 4.65. The van der Waals surface area contributed by atoms with Crippen LogP contribution in [-0.2, 0) is 22.6 Å². The molecule has 0 amide bonds. The molecule has 0 atom stereocenters. The van der Waals surface area contributed by atoms with Crippen LogP contribution in [0.15, 0.2) is 60.7 Å². The summed E-state index contributed by atoms with van der Waals surface area (Å²) in [5.74, 6) is 0.340. The topological polar surface area (TPSA) is 65.4 Å². The second-order valence-electron chi connectivity index (χ2n) is 9.81. The van der Waals surface area contributed by atoms with E-state index in [-0.39, 0.29) is 11.5 Å². The predicted octanol–water partition coefficient (Wildman–Crippen LogP) is 4.74. The van der Waals surface area contributed by atoms with E-state index in [1.807, 2.05) is 12.1 Å². The second-order valence-corrected chi connectivity index (χ2v) is 9.81. The van der Waals surface area contributed by atoms with Crippen LogP contribution in [0.25, 0.3) is 32.7 Å². The van der Waals surface area contributed by atoms with Gasteiger partial charge in [0.2, 0.25) is 0 Å². The molecule has 2 fully saturated rings. The molecule has 0 aromatic heterocycles. The molecular formula is C30H32N2O4. The van der Waals surface area contributed by atoms with Gasteiger partial charge in [-0.15, -0.1) is 0 Å². The highest BCUT2D eigenvalue weighted by Gasteiger charge is 2.19. The largest absolute Gasteiger partial charge is 0.507 e. The highest BCUT2D eigenvalue weighted by Crippen LogP contribution is 2.44. The van der Waals surface area contributed by atoms with E-state index in [0.717, 1.165) is 87.2 Å². The lowest BCUT2D eigenvalue weighted by Crippen LogP contribution is -2.35. The molecule has 6 rings (SSSR count). The summed E-state index contributed by atoms with van der Waals surface area (Å²) in [4.78, 5) is 4.80. The smallest absolute Gasteiger partial charge is 0.124 e. The second kappa shape index (κ2) is 10.1. The number of nitrogens with zero attached hydrogens (tertiary/aromatic N) is 2. The Kier molecular flexibility index (Phi) is 6.50. The summed E-state index contributed by atoms with van der Waals surface area (Å²) in [6, 6.07) is 20.2. The average molecular weight is 485 g/mol. The van der Waals surface area contributed by atoms with Crippen molar-refractivity contribution in [3.8, 4) is 22.6 Å². The fraction of sp³-hybridized carbons (Fsp3) is 0.333. The Morgan fingerprint density at radius 2 is 0.972 bits per heavy atom. The lowest BCUT2D eigenvalue weighted by Gasteiger charge is -2.27. The van der Waals surface area contributed by atoms with Crippen LogP contribution >= 0.6 is 0 Å². The Bertz CT molecular complexity index is 1280. The molecular weight excluding hydrogens is 452 g/mol. The van der Waals surface area contributed by atoms with Crippen molar-refractivity contribution in [1.29, 1.82) is 0 Å². The molecule has 2 heterocycles. The van der Waals surface area contributed by atoms with Gasteiger partial charge >= 0.3 is 0 Å². The van der Waals surface area contributed by atoms with E-state index in [2.05, 4.69) is 46.2 Å². The molecule has 2 saturated heterocycles. The van der Waals surface area contributed by atoms with Crippen LogP contribution in [0.3, 0.4) is 0 Å². The molecule has 6 heteroatoms. The van der Waals surface area contributed by atoms with Crippen LogP contribution in [0.1, 0.15) is 11.1 Å². The minimum absolute atomic E-state index is 0.170. The highest BCUT2D eigenvalue weighted by atomic mass is 16.5. The molecule has 0 aliphatic carbocycles. The van der Waals surface area contributed by atoms with E-state index in [4.69, 9.17) is 9.47 Å². The zero-order valence-corrected chi connectivity index (χ0v) is 20.4. The number of hydrogen-bond acceptors (Lipinski definition) is 6. The number of aromatic hydroxyl groups is 2. The zero-order valence-electron chi connectivity index (χ0n) is 20.4. The van der Waals surface area contributed by atoms with Crippen molar-refractivity contribution in [2.24, 2.45) is 0 Å². The van der Waals surface area contributed by atoms with Crippen LogP contribution in [0.5, 0.6) is 11.5 Å². The van der Waals surface area contributed by atoms with E-state index in [0.29, 0.717) is 11.1 Å². The number of morpholine rings is 2. The number of benzene rings is 4. The summed E-state index contributed by atoms with van der Waals surface area (Å²) >= 11 is 0. The number of hydrogen-bond donors (Lipinski definition) is 2. The van der Waals surface area contributed by atoms with Crippen molar-refractivity contribution in [2.75, 3.05) is 52.6 Å². The van der Waals surface area contributed by atoms with Crippen LogP contribution < -0.4 is 0 Å². The van der Waals surface area contributed by atoms with Gasteiger partial charge in [-0.25, -0.2) is 0 Å². The Balaban J connectivity index is 1.38. The summed E-state index contributed by atoms with van der Waals surface area (Å²) in [6.07, 6.45) is 0. The van der Waals surface area contributed by atoms with Crippen molar-refractivity contribution in [2.45, 2.75) is 13.1 Å². The standard InChI is InChI=1S/C30H32N2O4/c33-27-7-3-23-17-21(19-31-9-13-35-14-10-31)1-5-25(23)29(27)30-26-6-2-22(18-24(26)4-8-28(30)34)20-32-11-15-36-16-12-32/h1-8,17-18,33-34H,9-16,19-20H2. The van der Waals surface area contributed by atoms with Crippen molar-refractivity contribution < 1.29 is 19.7 Å². The molecule has 0 saturated carbocycles. The number of phenols is 2. The Morgan fingerprint density at radius 1 is 0.556 bits per heavy atom. The first-order valence-corrected chi connectivity index (χ1v) is 12.8. The van der Waals surface area contributed by atoms with Gasteiger partial charge in [-0.1, -0.05) is 36.4 Å². The maximum atomic E-state index is 11.0. The summed E-state index contributed by atoms with van der Waals surface area (Å²) in [6.45, 7) is 8.63. The van der Waals surface area contributed by atoms with Crippen molar-refractivity contribution in [3.05, 3.63) is 71.8 Å². The lowest BCUT2D eigenvalue weighted by atomic mass is 9.91. The van der Waals surface area contributed by atoms with E-state index < -0.39 is 0 Å². The van der Waals surface area contributed by atoms with Gasteiger partial charge in [0.25, 0.3) is 0 Å². The molecule has 0 unspecified atom stereocenters. The van der Waals surface area contributed by atoms with Crippen molar-refractivity contribution in [3.63, 3.8) is 0 Å². The summed E-state index contributed by atoms with van der Waals surface area (Å²) in [5, 5.41) is 26.0. The third-order valence-corrected chi connectivity index (χ3v) is 7.39. The molecule has 36 heavy (non-hydrogen) atoms. The molecule has 2 aliphatic heterocycles. The molecule has 6 nitrogen and oxygen atoms in total. The molecule has 0 spiro atoms. The number of phenolic OH excluding ortho intramolecular Hbond substituents is 2. The minimum atomic E-state index is 0.170. The van der Waals surface area contributed by atoms with E-state index in [9.17, 15) is 10.2 Å². The Morgan fingerprint density at radius 3 is 1.39 bits per heavy atom. The number of rotatable bonds is 5. The quantitative estimate of drug-likeness (QED) is 0.427. The number of fused-ring (bicyclic) bond motifs is 2. The van der Waals surface area contributed by atoms with Crippen LogP contribution in [0, 0.1) is 0 Å². The van der Waals surface area contributed by atoms with Gasteiger partial charge < -0.3 is 19.7 Å². The first-order valence-electron chi connectivity index (χ1n) is 12.8. The Labute approximate surface area is 211 Å². The van der Waals surface area contributed by atoms with Crippen molar-refractivity contribution in [1.82, 2.24) is 9.80 Å². The predicted molar refractivity (Wildman–Crippen MR) is 142 cm³/mol. The van der Waals surface area contributed by atoms with Crippen molar-refractivity contribution >= 4 is 21.5 Å². The number of ether oxygens (including phenoxy) is 2. The van der Waals surface area contributed by atoms with Gasteiger partial charge in [-0.05, 0) is 56.9 Å². The molecule has 4 aromatic rings. The molecule has 186 valence electrons. The van der Waals surface area contributed by atoms with Crippen LogP contribution in [0.4, 0.5) is 0 Å². The van der Waals surface area contributed by atoms with Crippen LogP contribution in [-0.4, -0.2) is 72.6 Å². The van der Waals surface area contributed by atoms with E-state index in [1.54, 1.807) is 12.1 Å².